The standard InChI is InChI=1S/C20H16BrFN2O4S/c1-28-16-8-6-15(7-9-16)24-29(26,27)17-4-2-3-13(11-17)20(25)23-19-10-5-14(21)12-18(19)22/h2-12,24H,1H3,(H,23,25). The molecule has 9 heteroatoms. The van der Waals surface area contributed by atoms with Gasteiger partial charge in [0.15, 0.2) is 0 Å². The van der Waals surface area contributed by atoms with Crippen LogP contribution in [0.3, 0.4) is 0 Å². The first kappa shape index (κ1) is 20.8. The summed E-state index contributed by atoms with van der Waals surface area (Å²) in [4.78, 5) is 12.3. The second kappa shape index (κ2) is 8.62. The average molecular weight is 479 g/mol. The van der Waals surface area contributed by atoms with Crippen LogP contribution in [0.15, 0.2) is 76.1 Å². The molecule has 0 heterocycles. The second-order valence-electron chi connectivity index (χ2n) is 5.94. The van der Waals surface area contributed by atoms with Crippen molar-refractivity contribution in [1.29, 1.82) is 0 Å². The van der Waals surface area contributed by atoms with Crippen molar-refractivity contribution in [2.24, 2.45) is 0 Å². The molecular formula is C20H16BrFN2O4S. The Morgan fingerprint density at radius 2 is 1.76 bits per heavy atom. The van der Waals surface area contributed by atoms with Crippen LogP contribution in [0, 0.1) is 5.82 Å². The molecule has 0 saturated heterocycles. The lowest BCUT2D eigenvalue weighted by Crippen LogP contribution is -2.16. The molecule has 0 fully saturated rings. The van der Waals surface area contributed by atoms with Gasteiger partial charge in [0.1, 0.15) is 11.6 Å². The highest BCUT2D eigenvalue weighted by molar-refractivity contribution is 9.10. The number of carbonyl (C=O) groups excluding carboxylic acids is 1. The van der Waals surface area contributed by atoms with Crippen molar-refractivity contribution >= 4 is 43.2 Å². The summed E-state index contributed by atoms with van der Waals surface area (Å²) in [6, 6.07) is 16.0. The molecule has 3 rings (SSSR count). The zero-order valence-corrected chi connectivity index (χ0v) is 17.6. The average Bonchev–Trinajstić information content (AvgIpc) is 2.70. The Labute approximate surface area is 175 Å². The number of rotatable bonds is 6. The van der Waals surface area contributed by atoms with Crippen molar-refractivity contribution in [3.8, 4) is 5.75 Å². The maximum Gasteiger partial charge on any atom is 0.261 e. The number of halogens is 2. The molecule has 2 N–H and O–H groups in total. The summed E-state index contributed by atoms with van der Waals surface area (Å²) in [6.07, 6.45) is 0. The molecule has 6 nitrogen and oxygen atoms in total. The SMILES string of the molecule is COc1ccc(NS(=O)(=O)c2cccc(C(=O)Nc3ccc(Br)cc3F)c2)cc1. The zero-order valence-electron chi connectivity index (χ0n) is 15.1. The maximum absolute atomic E-state index is 13.9. The number of methoxy groups -OCH3 is 1. The Kier molecular flexibility index (Phi) is 6.19. The van der Waals surface area contributed by atoms with E-state index in [1.807, 2.05) is 0 Å². The fourth-order valence-corrected chi connectivity index (χ4v) is 3.90. The number of ether oxygens (including phenoxy) is 1. The second-order valence-corrected chi connectivity index (χ2v) is 8.54. The van der Waals surface area contributed by atoms with Gasteiger partial charge in [-0.3, -0.25) is 9.52 Å². The molecule has 0 aliphatic carbocycles. The number of nitrogens with one attached hydrogen (secondary N) is 2. The normalized spacial score (nSPS) is 11.0. The Balaban J connectivity index is 1.80. The molecule has 0 spiro atoms. The summed E-state index contributed by atoms with van der Waals surface area (Å²) in [5, 5.41) is 2.43. The van der Waals surface area contributed by atoms with Crippen LogP contribution in [0.2, 0.25) is 0 Å². The minimum Gasteiger partial charge on any atom is -0.497 e. The highest BCUT2D eigenvalue weighted by atomic mass is 79.9. The lowest BCUT2D eigenvalue weighted by molar-refractivity contribution is 0.102. The molecule has 0 aliphatic heterocycles. The molecule has 0 atom stereocenters. The number of anilines is 2. The van der Waals surface area contributed by atoms with Gasteiger partial charge in [-0.25, -0.2) is 12.8 Å². The Morgan fingerprint density at radius 3 is 2.41 bits per heavy atom. The van der Waals surface area contributed by atoms with Crippen molar-refractivity contribution in [3.63, 3.8) is 0 Å². The van der Waals surface area contributed by atoms with E-state index in [1.165, 1.54) is 43.5 Å². The monoisotopic (exact) mass is 478 g/mol. The molecule has 150 valence electrons. The minimum atomic E-state index is -3.93. The summed E-state index contributed by atoms with van der Waals surface area (Å²) in [5.74, 6) is -0.655. The minimum absolute atomic E-state index is 0.0113. The van der Waals surface area contributed by atoms with E-state index in [0.29, 0.717) is 15.9 Å². The predicted molar refractivity (Wildman–Crippen MR) is 112 cm³/mol. The van der Waals surface area contributed by atoms with Crippen LogP contribution in [0.4, 0.5) is 15.8 Å². The lowest BCUT2D eigenvalue weighted by atomic mass is 10.2. The van der Waals surface area contributed by atoms with E-state index in [2.05, 4.69) is 26.0 Å². The van der Waals surface area contributed by atoms with Gasteiger partial charge in [-0.15, -0.1) is 0 Å². The van der Waals surface area contributed by atoms with Gasteiger partial charge in [-0.05, 0) is 60.7 Å². The summed E-state index contributed by atoms with van der Waals surface area (Å²) in [6.45, 7) is 0. The van der Waals surface area contributed by atoms with E-state index >= 15 is 0 Å². The van der Waals surface area contributed by atoms with Crippen LogP contribution in [0.1, 0.15) is 10.4 Å². The lowest BCUT2D eigenvalue weighted by Gasteiger charge is -2.11. The third-order valence-electron chi connectivity index (χ3n) is 3.93. The van der Waals surface area contributed by atoms with Crippen molar-refractivity contribution < 1.29 is 22.3 Å². The molecule has 0 radical (unpaired) electrons. The third-order valence-corrected chi connectivity index (χ3v) is 5.80. The quantitative estimate of drug-likeness (QED) is 0.539. The third kappa shape index (κ3) is 5.12. The first-order valence-electron chi connectivity index (χ1n) is 8.32. The van der Waals surface area contributed by atoms with E-state index in [-0.39, 0.29) is 16.1 Å². The van der Waals surface area contributed by atoms with E-state index in [0.717, 1.165) is 0 Å². The summed E-state index contributed by atoms with van der Waals surface area (Å²) >= 11 is 3.14. The molecule has 3 aromatic carbocycles. The van der Waals surface area contributed by atoms with Crippen molar-refractivity contribution in [3.05, 3.63) is 82.6 Å². The van der Waals surface area contributed by atoms with Crippen molar-refractivity contribution in [2.45, 2.75) is 4.90 Å². The van der Waals surface area contributed by atoms with Gasteiger partial charge < -0.3 is 10.1 Å². The van der Waals surface area contributed by atoms with Crippen molar-refractivity contribution in [2.75, 3.05) is 17.1 Å². The largest absolute Gasteiger partial charge is 0.497 e. The summed E-state index contributed by atoms with van der Waals surface area (Å²) in [7, 11) is -2.42. The highest BCUT2D eigenvalue weighted by Gasteiger charge is 2.17. The molecule has 0 saturated carbocycles. The van der Waals surface area contributed by atoms with E-state index < -0.39 is 21.7 Å². The molecule has 0 bridgehead atoms. The van der Waals surface area contributed by atoms with Crippen LogP contribution < -0.4 is 14.8 Å². The maximum atomic E-state index is 13.9. The number of benzene rings is 3. The smallest absolute Gasteiger partial charge is 0.261 e. The number of hydrogen-bond donors (Lipinski definition) is 2. The van der Waals surface area contributed by atoms with E-state index in [4.69, 9.17) is 4.74 Å². The molecule has 0 aliphatic rings. The van der Waals surface area contributed by atoms with Gasteiger partial charge in [-0.1, -0.05) is 22.0 Å². The van der Waals surface area contributed by atoms with Crippen LogP contribution in [-0.4, -0.2) is 21.4 Å². The summed E-state index contributed by atoms with van der Waals surface area (Å²) in [5.41, 5.74) is 0.408. The van der Waals surface area contributed by atoms with Crippen LogP contribution in [0.5, 0.6) is 5.75 Å². The molecule has 1 amide bonds. The van der Waals surface area contributed by atoms with Gasteiger partial charge in [0.25, 0.3) is 15.9 Å². The number of sulfonamides is 1. The number of carbonyl (C=O) groups is 1. The molecular weight excluding hydrogens is 463 g/mol. The van der Waals surface area contributed by atoms with Gasteiger partial charge in [0.05, 0.1) is 17.7 Å². The number of hydrogen-bond acceptors (Lipinski definition) is 4. The van der Waals surface area contributed by atoms with Crippen LogP contribution >= 0.6 is 15.9 Å². The fraction of sp³-hybridized carbons (Fsp3) is 0.0500. The molecule has 0 aromatic heterocycles. The van der Waals surface area contributed by atoms with E-state index in [9.17, 15) is 17.6 Å². The topological polar surface area (TPSA) is 84.5 Å². The van der Waals surface area contributed by atoms with Crippen LogP contribution in [-0.2, 0) is 10.0 Å². The van der Waals surface area contributed by atoms with Gasteiger partial charge in [0.2, 0.25) is 0 Å². The Morgan fingerprint density at radius 1 is 1.03 bits per heavy atom. The number of amides is 1. The highest BCUT2D eigenvalue weighted by Crippen LogP contribution is 2.22. The van der Waals surface area contributed by atoms with Crippen LogP contribution in [0.25, 0.3) is 0 Å². The van der Waals surface area contributed by atoms with Gasteiger partial charge in [0, 0.05) is 15.7 Å². The molecule has 0 unspecified atom stereocenters. The predicted octanol–water partition coefficient (Wildman–Crippen LogP) is 4.65. The fourth-order valence-electron chi connectivity index (χ4n) is 2.46. The zero-order chi connectivity index (χ0) is 21.0. The van der Waals surface area contributed by atoms with Gasteiger partial charge >= 0.3 is 0 Å². The van der Waals surface area contributed by atoms with E-state index in [1.54, 1.807) is 30.3 Å². The molecule has 3 aromatic rings. The Bertz CT molecular complexity index is 1150. The molecule has 29 heavy (non-hydrogen) atoms. The summed E-state index contributed by atoms with van der Waals surface area (Å²) < 4.78 is 47.2. The van der Waals surface area contributed by atoms with Gasteiger partial charge in [-0.2, -0.15) is 0 Å². The first-order chi connectivity index (χ1) is 13.8. The first-order valence-corrected chi connectivity index (χ1v) is 10.6. The Hall–Kier alpha value is -2.91. The van der Waals surface area contributed by atoms with Crippen molar-refractivity contribution in [1.82, 2.24) is 0 Å².